The number of aromatic nitrogens is 2. The molecule has 1 amide bonds. The van der Waals surface area contributed by atoms with Crippen molar-refractivity contribution in [2.75, 3.05) is 30.3 Å². The normalized spacial score (nSPS) is 14.6. The van der Waals surface area contributed by atoms with E-state index in [1.54, 1.807) is 17.0 Å². The van der Waals surface area contributed by atoms with Crippen molar-refractivity contribution in [2.45, 2.75) is 39.3 Å². The molecule has 0 unspecified atom stereocenters. The summed E-state index contributed by atoms with van der Waals surface area (Å²) in [5.74, 6) is 1.88. The standard InChI is InChI=1S/C20H26FN5O2/c1-3-28-20(27)26-10-8-17(9-11-26)25-19-12-18(23-14(2)24-19)22-13-15-4-6-16(21)7-5-15/h4-7,12,17H,3,8-11,13H2,1-2H3,(H2,22,23,24,25). The van der Waals surface area contributed by atoms with Crippen LogP contribution in [0.4, 0.5) is 20.8 Å². The molecule has 0 radical (unpaired) electrons. The summed E-state index contributed by atoms with van der Waals surface area (Å²) >= 11 is 0. The minimum Gasteiger partial charge on any atom is -0.450 e. The minimum atomic E-state index is -0.248. The number of carbonyl (C=O) groups excluding carboxylic acids is 1. The monoisotopic (exact) mass is 387 g/mol. The fourth-order valence-corrected chi connectivity index (χ4v) is 3.16. The number of rotatable bonds is 6. The molecular formula is C20H26FN5O2. The molecule has 2 aromatic rings. The van der Waals surface area contributed by atoms with E-state index in [1.165, 1.54) is 12.1 Å². The largest absolute Gasteiger partial charge is 0.450 e. The van der Waals surface area contributed by atoms with E-state index in [1.807, 2.05) is 19.9 Å². The Bertz CT molecular complexity index is 792. The Morgan fingerprint density at radius 2 is 1.89 bits per heavy atom. The Morgan fingerprint density at radius 1 is 1.21 bits per heavy atom. The fourth-order valence-electron chi connectivity index (χ4n) is 3.16. The van der Waals surface area contributed by atoms with Gasteiger partial charge in [0.15, 0.2) is 0 Å². The molecule has 150 valence electrons. The van der Waals surface area contributed by atoms with E-state index in [0.717, 1.165) is 24.2 Å². The molecule has 0 atom stereocenters. The SMILES string of the molecule is CCOC(=O)N1CCC(Nc2cc(NCc3ccc(F)cc3)nc(C)n2)CC1. The van der Waals surface area contributed by atoms with Crippen molar-refractivity contribution in [1.82, 2.24) is 14.9 Å². The molecule has 0 bridgehead atoms. The maximum atomic E-state index is 13.0. The van der Waals surface area contributed by atoms with Gasteiger partial charge in [0.25, 0.3) is 0 Å². The number of carbonyl (C=O) groups is 1. The van der Waals surface area contributed by atoms with Crippen LogP contribution in [0.25, 0.3) is 0 Å². The van der Waals surface area contributed by atoms with E-state index >= 15 is 0 Å². The van der Waals surface area contributed by atoms with Gasteiger partial charge in [-0.2, -0.15) is 0 Å². The van der Waals surface area contributed by atoms with Crippen LogP contribution >= 0.6 is 0 Å². The highest BCUT2D eigenvalue weighted by Gasteiger charge is 2.23. The first-order valence-electron chi connectivity index (χ1n) is 9.55. The molecule has 28 heavy (non-hydrogen) atoms. The van der Waals surface area contributed by atoms with Gasteiger partial charge in [0.05, 0.1) is 6.61 Å². The van der Waals surface area contributed by atoms with Gasteiger partial charge in [-0.05, 0) is 44.4 Å². The molecule has 3 rings (SSSR count). The Hall–Kier alpha value is -2.90. The Morgan fingerprint density at radius 3 is 2.57 bits per heavy atom. The molecule has 1 saturated heterocycles. The van der Waals surface area contributed by atoms with Crippen molar-refractivity contribution in [3.8, 4) is 0 Å². The summed E-state index contributed by atoms with van der Waals surface area (Å²) in [5, 5.41) is 6.69. The highest BCUT2D eigenvalue weighted by Crippen LogP contribution is 2.18. The Kier molecular flexibility index (Phi) is 6.62. The maximum Gasteiger partial charge on any atom is 0.409 e. The molecule has 0 aliphatic carbocycles. The number of halogens is 1. The van der Waals surface area contributed by atoms with Crippen LogP contribution in [0.3, 0.4) is 0 Å². The van der Waals surface area contributed by atoms with E-state index in [4.69, 9.17) is 4.74 Å². The lowest BCUT2D eigenvalue weighted by molar-refractivity contribution is 0.0983. The summed E-state index contributed by atoms with van der Waals surface area (Å²) in [4.78, 5) is 22.4. The number of anilines is 2. The van der Waals surface area contributed by atoms with Crippen molar-refractivity contribution >= 4 is 17.7 Å². The lowest BCUT2D eigenvalue weighted by Crippen LogP contribution is -2.42. The van der Waals surface area contributed by atoms with Crippen molar-refractivity contribution in [2.24, 2.45) is 0 Å². The molecule has 1 aromatic carbocycles. The zero-order chi connectivity index (χ0) is 19.9. The molecule has 7 nitrogen and oxygen atoms in total. The molecule has 1 aliphatic rings. The summed E-state index contributed by atoms with van der Waals surface area (Å²) in [5.41, 5.74) is 0.971. The van der Waals surface area contributed by atoms with E-state index in [0.29, 0.717) is 37.9 Å². The second-order valence-electron chi connectivity index (χ2n) is 6.77. The number of likely N-dealkylation sites (tertiary alicyclic amines) is 1. The average Bonchev–Trinajstić information content (AvgIpc) is 2.68. The lowest BCUT2D eigenvalue weighted by atomic mass is 10.1. The third kappa shape index (κ3) is 5.55. The van der Waals surface area contributed by atoms with Crippen LogP contribution in [0.1, 0.15) is 31.2 Å². The van der Waals surface area contributed by atoms with Gasteiger partial charge in [0.2, 0.25) is 0 Å². The van der Waals surface area contributed by atoms with Crippen molar-refractivity contribution in [1.29, 1.82) is 0 Å². The van der Waals surface area contributed by atoms with Crippen LogP contribution in [0, 0.1) is 12.7 Å². The highest BCUT2D eigenvalue weighted by molar-refractivity contribution is 5.67. The van der Waals surface area contributed by atoms with E-state index < -0.39 is 0 Å². The van der Waals surface area contributed by atoms with Gasteiger partial charge >= 0.3 is 6.09 Å². The molecule has 2 heterocycles. The molecular weight excluding hydrogens is 361 g/mol. The number of ether oxygens (including phenoxy) is 1. The van der Waals surface area contributed by atoms with Gasteiger partial charge in [-0.3, -0.25) is 0 Å². The topological polar surface area (TPSA) is 79.4 Å². The Labute approximate surface area is 164 Å². The van der Waals surface area contributed by atoms with Crippen LogP contribution in [-0.2, 0) is 11.3 Å². The predicted octanol–water partition coefficient (Wildman–Crippen LogP) is 3.57. The number of hydrogen-bond donors (Lipinski definition) is 2. The zero-order valence-corrected chi connectivity index (χ0v) is 16.2. The van der Waals surface area contributed by atoms with Crippen LogP contribution in [0.15, 0.2) is 30.3 Å². The fraction of sp³-hybridized carbons (Fsp3) is 0.450. The number of amides is 1. The second-order valence-corrected chi connectivity index (χ2v) is 6.77. The molecule has 8 heteroatoms. The van der Waals surface area contributed by atoms with Crippen molar-refractivity contribution < 1.29 is 13.9 Å². The molecule has 1 fully saturated rings. The summed E-state index contributed by atoms with van der Waals surface area (Å²) in [6.45, 7) is 5.93. The van der Waals surface area contributed by atoms with Gasteiger partial charge in [-0.15, -0.1) is 0 Å². The predicted molar refractivity (Wildman–Crippen MR) is 106 cm³/mol. The first-order chi connectivity index (χ1) is 13.5. The summed E-state index contributed by atoms with van der Waals surface area (Å²) in [6.07, 6.45) is 1.42. The summed E-state index contributed by atoms with van der Waals surface area (Å²) in [6, 6.07) is 8.48. The first kappa shape index (κ1) is 19.9. The zero-order valence-electron chi connectivity index (χ0n) is 16.2. The third-order valence-electron chi connectivity index (χ3n) is 4.60. The smallest absolute Gasteiger partial charge is 0.409 e. The number of aryl methyl sites for hydroxylation is 1. The van der Waals surface area contributed by atoms with Gasteiger partial charge in [-0.1, -0.05) is 12.1 Å². The maximum absolute atomic E-state index is 13.0. The molecule has 1 aliphatic heterocycles. The molecule has 1 aromatic heterocycles. The van der Waals surface area contributed by atoms with Gasteiger partial charge < -0.3 is 20.3 Å². The first-order valence-corrected chi connectivity index (χ1v) is 9.55. The number of benzene rings is 1. The second kappa shape index (κ2) is 9.34. The van der Waals surface area contributed by atoms with Crippen molar-refractivity contribution in [3.63, 3.8) is 0 Å². The van der Waals surface area contributed by atoms with Gasteiger partial charge in [0, 0.05) is 31.7 Å². The van der Waals surface area contributed by atoms with Crippen LogP contribution in [0.2, 0.25) is 0 Å². The number of nitrogens with one attached hydrogen (secondary N) is 2. The summed E-state index contributed by atoms with van der Waals surface area (Å²) < 4.78 is 18.1. The van der Waals surface area contributed by atoms with Crippen LogP contribution in [0.5, 0.6) is 0 Å². The average molecular weight is 387 g/mol. The van der Waals surface area contributed by atoms with E-state index in [9.17, 15) is 9.18 Å². The minimum absolute atomic E-state index is 0.241. The third-order valence-corrected chi connectivity index (χ3v) is 4.60. The van der Waals surface area contributed by atoms with E-state index in [-0.39, 0.29) is 18.0 Å². The van der Waals surface area contributed by atoms with Crippen LogP contribution in [-0.4, -0.2) is 46.7 Å². The van der Waals surface area contributed by atoms with Crippen molar-refractivity contribution in [3.05, 3.63) is 47.5 Å². The number of piperidine rings is 1. The van der Waals surface area contributed by atoms with Crippen LogP contribution < -0.4 is 10.6 Å². The van der Waals surface area contributed by atoms with E-state index in [2.05, 4.69) is 20.6 Å². The quantitative estimate of drug-likeness (QED) is 0.789. The lowest BCUT2D eigenvalue weighted by Gasteiger charge is -2.31. The summed E-state index contributed by atoms with van der Waals surface area (Å²) in [7, 11) is 0. The molecule has 2 N–H and O–H groups in total. The molecule has 0 saturated carbocycles. The Balaban J connectivity index is 1.55. The molecule has 0 spiro atoms. The van der Waals surface area contributed by atoms with Gasteiger partial charge in [0.1, 0.15) is 23.3 Å². The number of hydrogen-bond acceptors (Lipinski definition) is 6. The number of nitrogens with zero attached hydrogens (tertiary/aromatic N) is 3. The van der Waals surface area contributed by atoms with Gasteiger partial charge in [-0.25, -0.2) is 19.2 Å². The highest BCUT2D eigenvalue weighted by atomic mass is 19.1.